The maximum absolute atomic E-state index is 5.93. The minimum Gasteiger partial charge on any atom is -0.399 e. The minimum absolute atomic E-state index is 0.786. The van der Waals surface area contributed by atoms with Crippen LogP contribution in [0.2, 0.25) is 5.02 Å². The topological polar surface area (TPSA) is 26.0 Å². The Morgan fingerprint density at radius 2 is 1.88 bits per heavy atom. The second kappa shape index (κ2) is 5.99. The average Bonchev–Trinajstić information content (AvgIpc) is 2.32. The molecule has 0 saturated carbocycles. The number of nitrogen functional groups attached to an aromatic ring is 1. The number of rotatable bonds is 4. The summed E-state index contributed by atoms with van der Waals surface area (Å²) < 4.78 is 0. The fourth-order valence-electron chi connectivity index (χ4n) is 1.60. The highest BCUT2D eigenvalue weighted by Crippen LogP contribution is 2.23. The number of para-hydroxylation sites is 1. The first-order valence-corrected chi connectivity index (χ1v) is 6.84. The molecule has 3 heteroatoms. The Balaban J connectivity index is 1.90. The van der Waals surface area contributed by atoms with Gasteiger partial charge in [-0.1, -0.05) is 35.9 Å². The molecule has 2 aromatic rings. The van der Waals surface area contributed by atoms with E-state index in [1.54, 1.807) is 11.8 Å². The third kappa shape index (κ3) is 3.69. The van der Waals surface area contributed by atoms with Gasteiger partial charge in [-0.05, 0) is 36.2 Å². The molecule has 0 fully saturated rings. The van der Waals surface area contributed by atoms with Crippen molar-refractivity contribution in [3.63, 3.8) is 0 Å². The van der Waals surface area contributed by atoms with Gasteiger partial charge in [0.15, 0.2) is 0 Å². The Bertz CT molecular complexity index is 499. The van der Waals surface area contributed by atoms with Gasteiger partial charge in [-0.2, -0.15) is 0 Å². The predicted molar refractivity (Wildman–Crippen MR) is 76.7 cm³/mol. The van der Waals surface area contributed by atoms with Gasteiger partial charge in [0.2, 0.25) is 0 Å². The number of benzene rings is 2. The third-order valence-corrected chi connectivity index (χ3v) is 3.72. The molecule has 2 N–H and O–H groups in total. The quantitative estimate of drug-likeness (QED) is 0.659. The molecule has 0 radical (unpaired) electrons. The van der Waals surface area contributed by atoms with Gasteiger partial charge in [-0.25, -0.2) is 0 Å². The fraction of sp³-hybridized carbons (Fsp3) is 0.143. The maximum atomic E-state index is 5.93. The average molecular weight is 264 g/mol. The molecule has 17 heavy (non-hydrogen) atoms. The number of anilines is 1. The van der Waals surface area contributed by atoms with Crippen molar-refractivity contribution in [2.75, 3.05) is 11.5 Å². The predicted octanol–water partition coefficient (Wildman–Crippen LogP) is 4.26. The normalized spacial score (nSPS) is 10.4. The molecule has 0 amide bonds. The summed E-state index contributed by atoms with van der Waals surface area (Å²) in [5.41, 5.74) is 7.98. The summed E-state index contributed by atoms with van der Waals surface area (Å²) in [6, 6.07) is 15.9. The number of thioether (sulfide) groups is 1. The first-order valence-electron chi connectivity index (χ1n) is 5.47. The summed E-state index contributed by atoms with van der Waals surface area (Å²) in [6.07, 6.45) is 0.976. The van der Waals surface area contributed by atoms with E-state index in [9.17, 15) is 0 Å². The van der Waals surface area contributed by atoms with E-state index in [1.807, 2.05) is 36.4 Å². The number of hydrogen-bond donors (Lipinski definition) is 1. The number of halogens is 1. The summed E-state index contributed by atoms with van der Waals surface area (Å²) in [6.45, 7) is 0. The molecule has 0 atom stereocenters. The van der Waals surface area contributed by atoms with Crippen LogP contribution in [0.4, 0.5) is 5.69 Å². The van der Waals surface area contributed by atoms with Gasteiger partial charge in [-0.3, -0.25) is 0 Å². The second-order valence-corrected chi connectivity index (χ2v) is 5.36. The first kappa shape index (κ1) is 12.3. The van der Waals surface area contributed by atoms with E-state index in [0.717, 1.165) is 22.9 Å². The Morgan fingerprint density at radius 3 is 2.65 bits per heavy atom. The van der Waals surface area contributed by atoms with Crippen LogP contribution in [-0.2, 0) is 6.42 Å². The molecular formula is C14H14ClNS. The van der Waals surface area contributed by atoms with E-state index < -0.39 is 0 Å². The molecule has 88 valence electrons. The van der Waals surface area contributed by atoms with Gasteiger partial charge in [0.1, 0.15) is 0 Å². The van der Waals surface area contributed by atoms with Crippen LogP contribution in [0.25, 0.3) is 0 Å². The van der Waals surface area contributed by atoms with Crippen LogP contribution in [0, 0.1) is 0 Å². The van der Waals surface area contributed by atoms with Crippen molar-refractivity contribution in [1.82, 2.24) is 0 Å². The van der Waals surface area contributed by atoms with E-state index in [1.165, 1.54) is 10.5 Å². The van der Waals surface area contributed by atoms with Crippen LogP contribution in [0.5, 0.6) is 0 Å². The fourth-order valence-corrected chi connectivity index (χ4v) is 2.80. The summed E-state index contributed by atoms with van der Waals surface area (Å²) in [5, 5.41) is 0.786. The Kier molecular flexibility index (Phi) is 4.35. The van der Waals surface area contributed by atoms with E-state index >= 15 is 0 Å². The van der Waals surface area contributed by atoms with Gasteiger partial charge in [0, 0.05) is 21.4 Å². The molecule has 0 spiro atoms. The Hall–Kier alpha value is -1.12. The largest absolute Gasteiger partial charge is 0.399 e. The molecular weight excluding hydrogens is 250 g/mol. The van der Waals surface area contributed by atoms with Crippen LogP contribution >= 0.6 is 23.4 Å². The molecule has 0 aromatic heterocycles. The zero-order valence-electron chi connectivity index (χ0n) is 9.40. The second-order valence-electron chi connectivity index (χ2n) is 3.75. The van der Waals surface area contributed by atoms with Crippen LogP contribution in [-0.4, -0.2) is 5.75 Å². The summed E-state index contributed by atoms with van der Waals surface area (Å²) in [4.78, 5) is 1.20. The van der Waals surface area contributed by atoms with Crippen molar-refractivity contribution in [2.45, 2.75) is 11.3 Å². The SMILES string of the molecule is Nc1ccccc1CCSc1cccc(Cl)c1. The number of aryl methyl sites for hydroxylation is 1. The number of nitrogens with two attached hydrogens (primary N) is 1. The van der Waals surface area contributed by atoms with Crippen LogP contribution < -0.4 is 5.73 Å². The minimum atomic E-state index is 0.786. The number of hydrogen-bond acceptors (Lipinski definition) is 2. The summed E-state index contributed by atoms with van der Waals surface area (Å²) >= 11 is 7.73. The highest BCUT2D eigenvalue weighted by molar-refractivity contribution is 7.99. The molecule has 0 aliphatic carbocycles. The Morgan fingerprint density at radius 1 is 1.06 bits per heavy atom. The lowest BCUT2D eigenvalue weighted by atomic mass is 10.1. The van der Waals surface area contributed by atoms with Crippen molar-refractivity contribution >= 4 is 29.1 Å². The lowest BCUT2D eigenvalue weighted by Gasteiger charge is -2.05. The molecule has 0 saturated heterocycles. The molecule has 0 aliphatic rings. The van der Waals surface area contributed by atoms with Crippen molar-refractivity contribution in [1.29, 1.82) is 0 Å². The van der Waals surface area contributed by atoms with E-state index in [0.29, 0.717) is 0 Å². The first-order chi connectivity index (χ1) is 8.25. The van der Waals surface area contributed by atoms with E-state index in [-0.39, 0.29) is 0 Å². The Labute approximate surface area is 111 Å². The van der Waals surface area contributed by atoms with Crippen molar-refractivity contribution in [3.05, 3.63) is 59.1 Å². The molecule has 0 aliphatic heterocycles. The standard InChI is InChI=1S/C14H14ClNS/c15-12-5-3-6-13(10-12)17-9-8-11-4-1-2-7-14(11)16/h1-7,10H,8-9,16H2. The molecule has 0 heterocycles. The van der Waals surface area contributed by atoms with Gasteiger partial charge >= 0.3 is 0 Å². The lowest BCUT2D eigenvalue weighted by Crippen LogP contribution is -1.95. The molecule has 2 rings (SSSR count). The highest BCUT2D eigenvalue weighted by Gasteiger charge is 1.99. The summed E-state index contributed by atoms with van der Waals surface area (Å²) in [5.74, 6) is 1.01. The van der Waals surface area contributed by atoms with E-state index in [2.05, 4.69) is 12.1 Å². The smallest absolute Gasteiger partial charge is 0.0417 e. The molecule has 0 unspecified atom stereocenters. The summed E-state index contributed by atoms with van der Waals surface area (Å²) in [7, 11) is 0. The van der Waals surface area contributed by atoms with Gasteiger partial charge < -0.3 is 5.73 Å². The highest BCUT2D eigenvalue weighted by atomic mass is 35.5. The molecule has 2 aromatic carbocycles. The van der Waals surface area contributed by atoms with Crippen molar-refractivity contribution < 1.29 is 0 Å². The lowest BCUT2D eigenvalue weighted by molar-refractivity contribution is 1.16. The van der Waals surface area contributed by atoms with Gasteiger partial charge in [-0.15, -0.1) is 11.8 Å². The molecule has 0 bridgehead atoms. The van der Waals surface area contributed by atoms with Gasteiger partial charge in [0.05, 0.1) is 0 Å². The van der Waals surface area contributed by atoms with Gasteiger partial charge in [0.25, 0.3) is 0 Å². The monoisotopic (exact) mass is 263 g/mol. The van der Waals surface area contributed by atoms with Crippen LogP contribution in [0.1, 0.15) is 5.56 Å². The van der Waals surface area contributed by atoms with Crippen LogP contribution in [0.15, 0.2) is 53.4 Å². The van der Waals surface area contributed by atoms with E-state index in [4.69, 9.17) is 17.3 Å². The van der Waals surface area contributed by atoms with Crippen molar-refractivity contribution in [3.8, 4) is 0 Å². The zero-order chi connectivity index (χ0) is 12.1. The zero-order valence-corrected chi connectivity index (χ0v) is 11.0. The molecule has 1 nitrogen and oxygen atoms in total. The van der Waals surface area contributed by atoms with Crippen molar-refractivity contribution in [2.24, 2.45) is 0 Å². The van der Waals surface area contributed by atoms with Crippen LogP contribution in [0.3, 0.4) is 0 Å². The maximum Gasteiger partial charge on any atom is 0.0417 e. The third-order valence-electron chi connectivity index (χ3n) is 2.49.